The van der Waals surface area contributed by atoms with E-state index in [0.717, 1.165) is 11.3 Å². The Balaban J connectivity index is 2.00. The number of aryl methyl sites for hydroxylation is 1. The lowest BCUT2D eigenvalue weighted by atomic mass is 10.1. The van der Waals surface area contributed by atoms with Gasteiger partial charge in [-0.05, 0) is 42.3 Å². The van der Waals surface area contributed by atoms with Gasteiger partial charge >= 0.3 is 0 Å². The van der Waals surface area contributed by atoms with Crippen molar-refractivity contribution < 1.29 is 9.59 Å². The van der Waals surface area contributed by atoms with Crippen LogP contribution < -0.4 is 16.0 Å². The van der Waals surface area contributed by atoms with Crippen molar-refractivity contribution in [3.05, 3.63) is 58.6 Å². The van der Waals surface area contributed by atoms with E-state index in [2.05, 4.69) is 5.32 Å². The molecule has 2 amide bonds. The molecule has 3 N–H and O–H groups in total. The molecule has 2 aromatic rings. The Kier molecular flexibility index (Phi) is 5.82. The number of amides is 2. The third-order valence-corrected chi connectivity index (χ3v) is 3.92. The van der Waals surface area contributed by atoms with Crippen LogP contribution >= 0.6 is 11.6 Å². The van der Waals surface area contributed by atoms with E-state index >= 15 is 0 Å². The zero-order valence-electron chi connectivity index (χ0n) is 13.7. The molecule has 0 radical (unpaired) electrons. The average Bonchev–Trinajstić information content (AvgIpc) is 2.55. The molecule has 2 rings (SSSR count). The van der Waals surface area contributed by atoms with Gasteiger partial charge < -0.3 is 16.0 Å². The molecular weight excluding hydrogens is 326 g/mol. The van der Waals surface area contributed by atoms with E-state index in [9.17, 15) is 9.59 Å². The van der Waals surface area contributed by atoms with Crippen LogP contribution in [-0.2, 0) is 11.2 Å². The van der Waals surface area contributed by atoms with Gasteiger partial charge in [0.05, 0.1) is 10.7 Å². The van der Waals surface area contributed by atoms with Crippen molar-refractivity contribution in [2.45, 2.75) is 12.8 Å². The van der Waals surface area contributed by atoms with E-state index in [-0.39, 0.29) is 5.91 Å². The summed E-state index contributed by atoms with van der Waals surface area (Å²) in [5.74, 6) is -0.739. The second-order valence-corrected chi connectivity index (χ2v) is 6.08. The van der Waals surface area contributed by atoms with E-state index in [1.165, 1.54) is 18.2 Å². The summed E-state index contributed by atoms with van der Waals surface area (Å²) in [5.41, 5.74) is 8.09. The van der Waals surface area contributed by atoms with Crippen molar-refractivity contribution in [1.29, 1.82) is 0 Å². The van der Waals surface area contributed by atoms with Gasteiger partial charge in [0.25, 0.3) is 0 Å². The average molecular weight is 346 g/mol. The maximum Gasteiger partial charge on any atom is 0.248 e. The van der Waals surface area contributed by atoms with Gasteiger partial charge in [0.2, 0.25) is 11.8 Å². The van der Waals surface area contributed by atoms with Gasteiger partial charge in [-0.3, -0.25) is 9.59 Å². The molecule has 24 heavy (non-hydrogen) atoms. The van der Waals surface area contributed by atoms with Gasteiger partial charge in [-0.2, -0.15) is 0 Å². The number of halogens is 1. The molecule has 0 spiro atoms. The first-order valence-electron chi connectivity index (χ1n) is 7.52. The summed E-state index contributed by atoms with van der Waals surface area (Å²) in [4.78, 5) is 25.4. The fraction of sp³-hybridized carbons (Fsp3) is 0.222. The van der Waals surface area contributed by atoms with Crippen molar-refractivity contribution in [3.63, 3.8) is 0 Å². The Labute approximate surface area is 146 Å². The number of hydrogen-bond donors (Lipinski definition) is 2. The van der Waals surface area contributed by atoms with Crippen LogP contribution in [0.15, 0.2) is 42.5 Å². The number of rotatable bonds is 6. The molecule has 0 atom stereocenters. The molecule has 0 fully saturated rings. The first kappa shape index (κ1) is 17.8. The summed E-state index contributed by atoms with van der Waals surface area (Å²) < 4.78 is 0. The first-order valence-corrected chi connectivity index (χ1v) is 7.90. The van der Waals surface area contributed by atoms with Crippen LogP contribution in [0.3, 0.4) is 0 Å². The number of benzene rings is 2. The summed E-state index contributed by atoms with van der Waals surface area (Å²) >= 11 is 6.05. The molecule has 0 bridgehead atoms. The summed E-state index contributed by atoms with van der Waals surface area (Å²) in [5, 5.41) is 3.09. The van der Waals surface area contributed by atoms with Gasteiger partial charge in [0.15, 0.2) is 0 Å². The molecule has 0 heterocycles. The van der Waals surface area contributed by atoms with E-state index < -0.39 is 5.91 Å². The number of carbonyl (C=O) groups excluding carboxylic acids is 2. The quantitative estimate of drug-likeness (QED) is 0.844. The molecule has 0 saturated carbocycles. The molecule has 0 aliphatic heterocycles. The van der Waals surface area contributed by atoms with Crippen LogP contribution in [0, 0.1) is 0 Å². The highest BCUT2D eigenvalue weighted by molar-refractivity contribution is 6.33. The number of primary amides is 1. The molecule has 5 nitrogen and oxygen atoms in total. The summed E-state index contributed by atoms with van der Waals surface area (Å²) in [6.07, 6.45) is 0.925. The zero-order valence-corrected chi connectivity index (χ0v) is 14.4. The van der Waals surface area contributed by atoms with E-state index in [4.69, 9.17) is 17.3 Å². The lowest BCUT2D eigenvalue weighted by Gasteiger charge is -2.13. The first-order chi connectivity index (χ1) is 11.4. The highest BCUT2D eigenvalue weighted by Gasteiger charge is 2.10. The second kappa shape index (κ2) is 7.84. The third-order valence-electron chi connectivity index (χ3n) is 3.59. The smallest absolute Gasteiger partial charge is 0.248 e. The molecule has 126 valence electrons. The van der Waals surface area contributed by atoms with Crippen molar-refractivity contribution in [3.8, 4) is 0 Å². The van der Waals surface area contributed by atoms with Gasteiger partial charge in [-0.25, -0.2) is 0 Å². The van der Waals surface area contributed by atoms with Crippen molar-refractivity contribution in [1.82, 2.24) is 0 Å². The fourth-order valence-corrected chi connectivity index (χ4v) is 2.40. The minimum atomic E-state index is -0.567. The molecule has 2 aromatic carbocycles. The second-order valence-electron chi connectivity index (χ2n) is 5.67. The van der Waals surface area contributed by atoms with Crippen molar-refractivity contribution >= 4 is 34.8 Å². The topological polar surface area (TPSA) is 75.4 Å². The zero-order chi connectivity index (χ0) is 17.7. The minimum absolute atomic E-state index is 0.172. The SMILES string of the molecule is CN(C)c1cccc(CCC(=O)Nc2cc(C(N)=O)ccc2Cl)c1. The highest BCUT2D eigenvalue weighted by Crippen LogP contribution is 2.23. The predicted octanol–water partition coefficient (Wildman–Crippen LogP) is 3.08. The number of nitrogens with zero attached hydrogens (tertiary/aromatic N) is 1. The normalized spacial score (nSPS) is 10.3. The Hall–Kier alpha value is -2.53. The molecular formula is C18H20ClN3O2. The Morgan fingerprint density at radius 2 is 1.92 bits per heavy atom. The molecule has 0 aliphatic carbocycles. The largest absolute Gasteiger partial charge is 0.378 e. The van der Waals surface area contributed by atoms with E-state index in [0.29, 0.717) is 29.1 Å². The Bertz CT molecular complexity index is 760. The number of carbonyl (C=O) groups is 2. The molecule has 6 heteroatoms. The maximum absolute atomic E-state index is 12.1. The lowest BCUT2D eigenvalue weighted by molar-refractivity contribution is -0.116. The van der Waals surface area contributed by atoms with Gasteiger partial charge in [0, 0.05) is 31.8 Å². The summed E-state index contributed by atoms with van der Waals surface area (Å²) in [6.45, 7) is 0. The lowest BCUT2D eigenvalue weighted by Crippen LogP contribution is -2.15. The molecule has 0 saturated heterocycles. The van der Waals surface area contributed by atoms with Crippen LogP contribution in [0.25, 0.3) is 0 Å². The highest BCUT2D eigenvalue weighted by atomic mass is 35.5. The Morgan fingerprint density at radius 3 is 2.58 bits per heavy atom. The standard InChI is InChI=1S/C18H20ClN3O2/c1-22(2)14-5-3-4-12(10-14)6-9-17(23)21-16-11-13(18(20)24)7-8-15(16)19/h3-5,7-8,10-11H,6,9H2,1-2H3,(H2,20,24)(H,21,23). The number of nitrogens with two attached hydrogens (primary N) is 1. The van der Waals surface area contributed by atoms with Crippen molar-refractivity contribution in [2.24, 2.45) is 5.73 Å². The minimum Gasteiger partial charge on any atom is -0.378 e. The van der Waals surface area contributed by atoms with E-state index in [1.54, 1.807) is 0 Å². The summed E-state index contributed by atoms with van der Waals surface area (Å²) in [6, 6.07) is 12.6. The molecule has 0 aliphatic rings. The van der Waals surface area contributed by atoms with Crippen LogP contribution in [-0.4, -0.2) is 25.9 Å². The van der Waals surface area contributed by atoms with Crippen LogP contribution in [0.5, 0.6) is 0 Å². The van der Waals surface area contributed by atoms with Crippen molar-refractivity contribution in [2.75, 3.05) is 24.3 Å². The van der Waals surface area contributed by atoms with Crippen LogP contribution in [0.4, 0.5) is 11.4 Å². The van der Waals surface area contributed by atoms with Gasteiger partial charge in [-0.15, -0.1) is 0 Å². The van der Waals surface area contributed by atoms with E-state index in [1.807, 2.05) is 43.3 Å². The van der Waals surface area contributed by atoms with Crippen LogP contribution in [0.1, 0.15) is 22.3 Å². The van der Waals surface area contributed by atoms with Gasteiger partial charge in [-0.1, -0.05) is 23.7 Å². The summed E-state index contributed by atoms with van der Waals surface area (Å²) in [7, 11) is 3.94. The van der Waals surface area contributed by atoms with Crippen LogP contribution in [0.2, 0.25) is 5.02 Å². The maximum atomic E-state index is 12.1. The monoisotopic (exact) mass is 345 g/mol. The number of nitrogens with one attached hydrogen (secondary N) is 1. The fourth-order valence-electron chi connectivity index (χ4n) is 2.24. The number of anilines is 2. The molecule has 0 unspecified atom stereocenters. The third kappa shape index (κ3) is 4.73. The van der Waals surface area contributed by atoms with Gasteiger partial charge in [0.1, 0.15) is 0 Å². The number of hydrogen-bond acceptors (Lipinski definition) is 3. The predicted molar refractivity (Wildman–Crippen MR) is 97.7 cm³/mol. The molecule has 0 aromatic heterocycles. The Morgan fingerprint density at radius 1 is 1.17 bits per heavy atom.